The van der Waals surface area contributed by atoms with Gasteiger partial charge in [0.2, 0.25) is 6.10 Å². The van der Waals surface area contributed by atoms with Gasteiger partial charge in [-0.2, -0.15) is 0 Å². The Morgan fingerprint density at radius 3 is 2.38 bits per heavy atom. The van der Waals surface area contributed by atoms with E-state index < -0.39 is 18.0 Å². The van der Waals surface area contributed by atoms with Gasteiger partial charge in [-0.15, -0.1) is 0 Å². The van der Waals surface area contributed by atoms with Gasteiger partial charge in [-0.05, 0) is 42.3 Å². The zero-order valence-corrected chi connectivity index (χ0v) is 22.3. The number of fused-ring (bicyclic) bond motifs is 1. The Hall–Kier alpha value is -4.66. The smallest absolute Gasteiger partial charge is 0.346 e. The lowest BCUT2D eigenvalue weighted by Gasteiger charge is -2.35. The third-order valence-corrected chi connectivity index (χ3v) is 6.31. The SMILES string of the molecule is COc1cccc(OCCCOc2ccc(C=Cc3cccc4c3OC(C(=O)O)CN4CCCC(=O)O)cc2)c1. The molecule has 4 rings (SSSR count). The van der Waals surface area contributed by atoms with Crippen LogP contribution in [0.1, 0.15) is 30.4 Å². The Morgan fingerprint density at radius 1 is 0.925 bits per heavy atom. The van der Waals surface area contributed by atoms with Crippen molar-refractivity contribution in [1.82, 2.24) is 0 Å². The summed E-state index contributed by atoms with van der Waals surface area (Å²) in [6, 6.07) is 20.7. The van der Waals surface area contributed by atoms with E-state index in [4.69, 9.17) is 24.1 Å². The minimum Gasteiger partial charge on any atom is -0.497 e. The fourth-order valence-corrected chi connectivity index (χ4v) is 4.28. The predicted octanol–water partition coefficient (Wildman–Crippen LogP) is 5.23. The molecule has 2 N–H and O–H groups in total. The number of hydrogen-bond donors (Lipinski definition) is 2. The van der Waals surface area contributed by atoms with Crippen molar-refractivity contribution >= 4 is 29.8 Å². The molecule has 0 saturated carbocycles. The van der Waals surface area contributed by atoms with E-state index in [-0.39, 0.29) is 13.0 Å². The summed E-state index contributed by atoms with van der Waals surface area (Å²) in [5, 5.41) is 18.6. The lowest BCUT2D eigenvalue weighted by Crippen LogP contribution is -2.45. The highest BCUT2D eigenvalue weighted by atomic mass is 16.5. The van der Waals surface area contributed by atoms with E-state index in [1.807, 2.05) is 83.8 Å². The molecule has 0 radical (unpaired) electrons. The summed E-state index contributed by atoms with van der Waals surface area (Å²) in [7, 11) is 1.62. The Balaban J connectivity index is 1.33. The number of nitrogens with zero attached hydrogens (tertiary/aromatic N) is 1. The molecule has 0 spiro atoms. The number of carbonyl (C=O) groups is 2. The summed E-state index contributed by atoms with van der Waals surface area (Å²) < 4.78 is 22.6. The number of benzene rings is 3. The van der Waals surface area contributed by atoms with Gasteiger partial charge in [0.15, 0.2) is 5.75 Å². The third-order valence-electron chi connectivity index (χ3n) is 6.31. The van der Waals surface area contributed by atoms with Crippen molar-refractivity contribution in [2.24, 2.45) is 0 Å². The molecule has 1 aliphatic heterocycles. The predicted molar refractivity (Wildman–Crippen MR) is 152 cm³/mol. The topological polar surface area (TPSA) is 115 Å². The highest BCUT2D eigenvalue weighted by molar-refractivity contribution is 5.81. The average molecular weight is 548 g/mol. The van der Waals surface area contributed by atoms with Crippen LogP contribution >= 0.6 is 0 Å². The molecule has 210 valence electrons. The normalized spacial score (nSPS) is 14.3. The van der Waals surface area contributed by atoms with Crippen LogP contribution in [-0.4, -0.2) is 61.7 Å². The van der Waals surface area contributed by atoms with E-state index in [2.05, 4.69) is 0 Å². The summed E-state index contributed by atoms with van der Waals surface area (Å²) in [4.78, 5) is 24.5. The second-order valence-corrected chi connectivity index (χ2v) is 9.22. The lowest BCUT2D eigenvalue weighted by molar-refractivity contribution is -0.145. The van der Waals surface area contributed by atoms with E-state index >= 15 is 0 Å². The number of anilines is 1. The van der Waals surface area contributed by atoms with Gasteiger partial charge in [0.05, 0.1) is 32.6 Å². The molecule has 9 heteroatoms. The number of rotatable bonds is 14. The highest BCUT2D eigenvalue weighted by Crippen LogP contribution is 2.38. The molecule has 1 atom stereocenters. The van der Waals surface area contributed by atoms with Crippen LogP contribution in [0.25, 0.3) is 12.2 Å². The molecular weight excluding hydrogens is 514 g/mol. The minimum atomic E-state index is -1.06. The maximum atomic E-state index is 11.7. The van der Waals surface area contributed by atoms with Crippen molar-refractivity contribution in [3.63, 3.8) is 0 Å². The Kier molecular flexibility index (Phi) is 9.88. The van der Waals surface area contributed by atoms with E-state index in [0.717, 1.165) is 40.5 Å². The van der Waals surface area contributed by atoms with Gasteiger partial charge >= 0.3 is 11.9 Å². The van der Waals surface area contributed by atoms with Crippen LogP contribution < -0.4 is 23.8 Å². The molecule has 0 amide bonds. The quantitative estimate of drug-likeness (QED) is 0.207. The van der Waals surface area contributed by atoms with Gasteiger partial charge < -0.3 is 34.1 Å². The fourth-order valence-electron chi connectivity index (χ4n) is 4.28. The van der Waals surface area contributed by atoms with Crippen LogP contribution in [-0.2, 0) is 9.59 Å². The van der Waals surface area contributed by atoms with Gasteiger partial charge in [-0.3, -0.25) is 4.79 Å². The molecule has 1 heterocycles. The van der Waals surface area contributed by atoms with Crippen molar-refractivity contribution in [3.05, 3.63) is 77.9 Å². The summed E-state index contributed by atoms with van der Waals surface area (Å²) in [6.07, 6.45) is 3.91. The van der Waals surface area contributed by atoms with Crippen molar-refractivity contribution in [1.29, 1.82) is 0 Å². The van der Waals surface area contributed by atoms with Crippen molar-refractivity contribution in [3.8, 4) is 23.0 Å². The average Bonchev–Trinajstić information content (AvgIpc) is 2.96. The minimum absolute atomic E-state index is 0.0147. The van der Waals surface area contributed by atoms with Crippen molar-refractivity contribution in [2.45, 2.75) is 25.4 Å². The van der Waals surface area contributed by atoms with E-state index in [1.165, 1.54) is 0 Å². The second-order valence-electron chi connectivity index (χ2n) is 9.22. The number of methoxy groups -OCH3 is 1. The molecule has 1 unspecified atom stereocenters. The Bertz CT molecular complexity index is 1320. The first kappa shape index (κ1) is 28.4. The van der Waals surface area contributed by atoms with Gasteiger partial charge in [-0.25, -0.2) is 4.79 Å². The van der Waals surface area contributed by atoms with Crippen molar-refractivity contribution in [2.75, 3.05) is 38.3 Å². The van der Waals surface area contributed by atoms with Crippen molar-refractivity contribution < 1.29 is 38.7 Å². The first-order valence-electron chi connectivity index (χ1n) is 13.1. The molecule has 0 saturated heterocycles. The number of carboxylic acids is 2. The standard InChI is InChI=1S/C31H33NO8/c1-37-25-7-3-8-26(20-25)39-19-5-18-38-24-15-12-22(13-16-24)11-14-23-6-2-9-27-30(23)40-28(31(35)36)21-32(27)17-4-10-29(33)34/h2-3,6-9,11-16,20,28H,4-5,10,17-19,21H2,1H3,(H,33,34)(H,35,36). The zero-order chi connectivity index (χ0) is 28.3. The first-order valence-corrected chi connectivity index (χ1v) is 13.1. The molecule has 3 aromatic carbocycles. The van der Waals surface area contributed by atoms with Gasteiger partial charge in [0.1, 0.15) is 17.2 Å². The number of aliphatic carboxylic acids is 2. The molecule has 3 aromatic rings. The zero-order valence-electron chi connectivity index (χ0n) is 22.3. The van der Waals surface area contributed by atoms with Gasteiger partial charge in [0.25, 0.3) is 0 Å². The molecule has 1 aliphatic rings. The number of ether oxygens (including phenoxy) is 4. The monoisotopic (exact) mass is 547 g/mol. The van der Waals surface area contributed by atoms with Crippen LogP contribution in [0.15, 0.2) is 66.7 Å². The Morgan fingerprint density at radius 2 is 1.65 bits per heavy atom. The molecule has 40 heavy (non-hydrogen) atoms. The van der Waals surface area contributed by atoms with Crippen LogP contribution in [0.2, 0.25) is 0 Å². The maximum Gasteiger partial charge on any atom is 0.346 e. The maximum absolute atomic E-state index is 11.7. The van der Waals surface area contributed by atoms with E-state index in [0.29, 0.717) is 31.9 Å². The second kappa shape index (κ2) is 13.9. The number of para-hydroxylation sites is 1. The van der Waals surface area contributed by atoms with E-state index in [1.54, 1.807) is 7.11 Å². The van der Waals surface area contributed by atoms with Crippen LogP contribution in [0.4, 0.5) is 5.69 Å². The summed E-state index contributed by atoms with van der Waals surface area (Å²) in [5.74, 6) is 0.793. The first-order chi connectivity index (χ1) is 19.4. The summed E-state index contributed by atoms with van der Waals surface area (Å²) >= 11 is 0. The summed E-state index contributed by atoms with van der Waals surface area (Å²) in [6.45, 7) is 1.62. The fraction of sp³-hybridized carbons (Fsp3) is 0.290. The number of carboxylic acid groups (broad SMARTS) is 2. The van der Waals surface area contributed by atoms with Crippen LogP contribution in [0, 0.1) is 0 Å². The molecule has 0 aromatic heterocycles. The molecule has 0 fully saturated rings. The lowest BCUT2D eigenvalue weighted by atomic mass is 10.1. The largest absolute Gasteiger partial charge is 0.497 e. The Labute approximate surface area is 233 Å². The van der Waals surface area contributed by atoms with Gasteiger partial charge in [0, 0.05) is 31.0 Å². The summed E-state index contributed by atoms with van der Waals surface area (Å²) in [5.41, 5.74) is 2.43. The molecule has 0 bridgehead atoms. The highest BCUT2D eigenvalue weighted by Gasteiger charge is 2.31. The van der Waals surface area contributed by atoms with Crippen LogP contribution in [0.5, 0.6) is 23.0 Å². The molecule has 9 nitrogen and oxygen atoms in total. The van der Waals surface area contributed by atoms with Gasteiger partial charge in [-0.1, -0.05) is 42.5 Å². The molecule has 0 aliphatic carbocycles. The third kappa shape index (κ3) is 7.92. The number of hydrogen-bond acceptors (Lipinski definition) is 7. The van der Waals surface area contributed by atoms with Crippen LogP contribution in [0.3, 0.4) is 0 Å². The van der Waals surface area contributed by atoms with E-state index in [9.17, 15) is 14.7 Å². The molecular formula is C31H33NO8.